The first-order valence-electron chi connectivity index (χ1n) is 4.79. The van der Waals surface area contributed by atoms with Crippen molar-refractivity contribution in [2.75, 3.05) is 0 Å². The Balaban J connectivity index is 2.31. The zero-order valence-corrected chi connectivity index (χ0v) is 8.54. The second-order valence-corrected chi connectivity index (χ2v) is 3.23. The summed E-state index contributed by atoms with van der Waals surface area (Å²) in [5, 5.41) is 9.17. The lowest BCUT2D eigenvalue weighted by molar-refractivity contribution is 0.475. The Bertz CT molecular complexity index is 489. The van der Waals surface area contributed by atoms with Crippen LogP contribution in [0.1, 0.15) is 0 Å². The number of benzene rings is 1. The quantitative estimate of drug-likeness (QED) is 0.592. The molecule has 0 aliphatic heterocycles. The molecule has 1 aromatic carbocycles. The number of pyridine rings is 1. The second kappa shape index (κ2) is 4.44. The Morgan fingerprint density at radius 1 is 1.06 bits per heavy atom. The molecule has 0 aliphatic rings. The SMILES string of the molecule is NC=Nc1ccc(-c2ccc(O)cc2)cn1. The Labute approximate surface area is 93.1 Å². The van der Waals surface area contributed by atoms with Crippen LogP contribution in [0.2, 0.25) is 0 Å². The number of phenolic OH excluding ortho intramolecular Hbond substituents is 1. The van der Waals surface area contributed by atoms with Gasteiger partial charge in [0.05, 0.1) is 6.34 Å². The summed E-state index contributed by atoms with van der Waals surface area (Å²) in [7, 11) is 0. The predicted molar refractivity (Wildman–Crippen MR) is 63.7 cm³/mol. The number of hydrogen-bond acceptors (Lipinski definition) is 3. The van der Waals surface area contributed by atoms with Gasteiger partial charge in [-0.25, -0.2) is 9.98 Å². The smallest absolute Gasteiger partial charge is 0.153 e. The van der Waals surface area contributed by atoms with Crippen molar-refractivity contribution >= 4 is 12.2 Å². The standard InChI is InChI=1S/C12H11N3O/c13-8-15-12-6-3-10(7-14-12)9-1-4-11(16)5-2-9/h1-8,16H,(H2,13,14,15). The first-order valence-corrected chi connectivity index (χ1v) is 4.79. The third-order valence-electron chi connectivity index (χ3n) is 2.16. The number of aromatic nitrogens is 1. The molecule has 2 aromatic rings. The van der Waals surface area contributed by atoms with Crippen molar-refractivity contribution < 1.29 is 5.11 Å². The van der Waals surface area contributed by atoms with E-state index in [0.717, 1.165) is 11.1 Å². The third kappa shape index (κ3) is 2.17. The maximum atomic E-state index is 9.17. The van der Waals surface area contributed by atoms with Crippen LogP contribution in [0.5, 0.6) is 5.75 Å². The summed E-state index contributed by atoms with van der Waals surface area (Å²) in [6.45, 7) is 0. The van der Waals surface area contributed by atoms with E-state index in [1.165, 1.54) is 6.34 Å². The van der Waals surface area contributed by atoms with Crippen molar-refractivity contribution in [3.8, 4) is 16.9 Å². The van der Waals surface area contributed by atoms with Crippen LogP contribution in [0.15, 0.2) is 47.6 Å². The van der Waals surface area contributed by atoms with Crippen LogP contribution in [0.4, 0.5) is 5.82 Å². The van der Waals surface area contributed by atoms with Crippen molar-refractivity contribution in [3.63, 3.8) is 0 Å². The molecule has 0 amide bonds. The normalized spacial score (nSPS) is 10.8. The van der Waals surface area contributed by atoms with Gasteiger partial charge in [-0.1, -0.05) is 12.1 Å². The summed E-state index contributed by atoms with van der Waals surface area (Å²) in [5.74, 6) is 0.825. The molecule has 0 aliphatic carbocycles. The molecule has 4 heteroatoms. The van der Waals surface area contributed by atoms with Gasteiger partial charge in [0.25, 0.3) is 0 Å². The minimum Gasteiger partial charge on any atom is -0.508 e. The fourth-order valence-electron chi connectivity index (χ4n) is 1.36. The fourth-order valence-corrected chi connectivity index (χ4v) is 1.36. The maximum absolute atomic E-state index is 9.17. The molecule has 3 N–H and O–H groups in total. The Morgan fingerprint density at radius 3 is 2.31 bits per heavy atom. The summed E-state index contributed by atoms with van der Waals surface area (Å²) >= 11 is 0. The predicted octanol–water partition coefficient (Wildman–Crippen LogP) is 2.07. The van der Waals surface area contributed by atoms with Crippen molar-refractivity contribution in [3.05, 3.63) is 42.6 Å². The van der Waals surface area contributed by atoms with Crippen molar-refractivity contribution in [2.45, 2.75) is 0 Å². The van der Waals surface area contributed by atoms with Crippen LogP contribution in [0, 0.1) is 0 Å². The van der Waals surface area contributed by atoms with Crippen LogP contribution in [0.25, 0.3) is 11.1 Å². The van der Waals surface area contributed by atoms with E-state index < -0.39 is 0 Å². The van der Waals surface area contributed by atoms with E-state index >= 15 is 0 Å². The largest absolute Gasteiger partial charge is 0.508 e. The van der Waals surface area contributed by atoms with E-state index in [0.29, 0.717) is 5.82 Å². The molecule has 1 heterocycles. The van der Waals surface area contributed by atoms with Crippen LogP contribution >= 0.6 is 0 Å². The maximum Gasteiger partial charge on any atom is 0.153 e. The molecule has 2 rings (SSSR count). The monoisotopic (exact) mass is 213 g/mol. The lowest BCUT2D eigenvalue weighted by Crippen LogP contribution is -1.87. The van der Waals surface area contributed by atoms with E-state index in [9.17, 15) is 0 Å². The summed E-state index contributed by atoms with van der Waals surface area (Å²) in [5.41, 5.74) is 7.13. The number of phenols is 1. The highest BCUT2D eigenvalue weighted by Crippen LogP contribution is 2.22. The molecule has 0 atom stereocenters. The van der Waals surface area contributed by atoms with Crippen molar-refractivity contribution in [2.24, 2.45) is 10.7 Å². The molecule has 0 unspecified atom stereocenters. The molecular formula is C12H11N3O. The van der Waals surface area contributed by atoms with Gasteiger partial charge in [-0.15, -0.1) is 0 Å². The van der Waals surface area contributed by atoms with Gasteiger partial charge in [-0.2, -0.15) is 0 Å². The highest BCUT2D eigenvalue weighted by Gasteiger charge is 1.98. The molecule has 0 fully saturated rings. The van der Waals surface area contributed by atoms with E-state index in [4.69, 9.17) is 10.8 Å². The van der Waals surface area contributed by atoms with Gasteiger partial charge < -0.3 is 10.8 Å². The topological polar surface area (TPSA) is 71.5 Å². The number of rotatable bonds is 2. The molecule has 0 saturated heterocycles. The molecule has 16 heavy (non-hydrogen) atoms. The van der Waals surface area contributed by atoms with Gasteiger partial charge in [0.15, 0.2) is 5.82 Å². The molecule has 0 radical (unpaired) electrons. The first-order chi connectivity index (χ1) is 7.79. The van der Waals surface area contributed by atoms with Gasteiger partial charge in [0, 0.05) is 11.8 Å². The number of nitrogens with two attached hydrogens (primary N) is 1. The second-order valence-electron chi connectivity index (χ2n) is 3.23. The highest BCUT2D eigenvalue weighted by atomic mass is 16.3. The summed E-state index contributed by atoms with van der Waals surface area (Å²) < 4.78 is 0. The average Bonchev–Trinajstić information content (AvgIpc) is 2.32. The molecule has 80 valence electrons. The summed E-state index contributed by atoms with van der Waals surface area (Å²) in [4.78, 5) is 7.98. The Kier molecular flexibility index (Phi) is 2.82. The Hall–Kier alpha value is -2.36. The third-order valence-corrected chi connectivity index (χ3v) is 2.16. The van der Waals surface area contributed by atoms with Gasteiger partial charge in [-0.05, 0) is 29.8 Å². The number of nitrogens with zero attached hydrogens (tertiary/aromatic N) is 2. The minimum absolute atomic E-state index is 0.251. The number of aliphatic imine (C=N–C) groups is 1. The van der Waals surface area contributed by atoms with Crippen molar-refractivity contribution in [1.82, 2.24) is 4.98 Å². The molecular weight excluding hydrogens is 202 g/mol. The fraction of sp³-hybridized carbons (Fsp3) is 0. The molecule has 0 saturated carbocycles. The van der Waals surface area contributed by atoms with Gasteiger partial charge >= 0.3 is 0 Å². The van der Waals surface area contributed by atoms with E-state index in [-0.39, 0.29) is 5.75 Å². The summed E-state index contributed by atoms with van der Waals surface area (Å²) in [6, 6.07) is 10.6. The molecule has 0 bridgehead atoms. The van der Waals surface area contributed by atoms with E-state index in [1.54, 1.807) is 24.4 Å². The van der Waals surface area contributed by atoms with Gasteiger partial charge in [-0.3, -0.25) is 0 Å². The van der Waals surface area contributed by atoms with Crippen LogP contribution in [-0.2, 0) is 0 Å². The van der Waals surface area contributed by atoms with E-state index in [2.05, 4.69) is 9.98 Å². The van der Waals surface area contributed by atoms with E-state index in [1.807, 2.05) is 18.2 Å². The zero-order valence-electron chi connectivity index (χ0n) is 8.54. The lowest BCUT2D eigenvalue weighted by atomic mass is 10.1. The van der Waals surface area contributed by atoms with Crippen LogP contribution in [0.3, 0.4) is 0 Å². The number of aromatic hydroxyl groups is 1. The molecule has 4 nitrogen and oxygen atoms in total. The van der Waals surface area contributed by atoms with Gasteiger partial charge in [0.1, 0.15) is 5.75 Å². The highest BCUT2D eigenvalue weighted by molar-refractivity contribution is 5.65. The Morgan fingerprint density at radius 2 is 1.75 bits per heavy atom. The number of hydrogen-bond donors (Lipinski definition) is 2. The van der Waals surface area contributed by atoms with Crippen molar-refractivity contribution in [1.29, 1.82) is 0 Å². The van der Waals surface area contributed by atoms with Crippen LogP contribution < -0.4 is 5.73 Å². The molecule has 0 spiro atoms. The minimum atomic E-state index is 0.251. The average molecular weight is 213 g/mol. The lowest BCUT2D eigenvalue weighted by Gasteiger charge is -2.01. The van der Waals surface area contributed by atoms with Crippen LogP contribution in [-0.4, -0.2) is 16.4 Å². The zero-order chi connectivity index (χ0) is 11.4. The first kappa shape index (κ1) is 10.2. The summed E-state index contributed by atoms with van der Waals surface area (Å²) in [6.07, 6.45) is 2.93. The molecule has 1 aromatic heterocycles. The van der Waals surface area contributed by atoms with Gasteiger partial charge in [0.2, 0.25) is 0 Å².